The molecule has 1 aliphatic heterocycles. The summed E-state index contributed by atoms with van der Waals surface area (Å²) in [7, 11) is 0. The number of aromatic nitrogens is 2. The van der Waals surface area contributed by atoms with E-state index in [1.807, 2.05) is 0 Å². The molecule has 1 saturated carbocycles. The van der Waals surface area contributed by atoms with Crippen molar-refractivity contribution in [3.05, 3.63) is 29.6 Å². The van der Waals surface area contributed by atoms with E-state index in [-0.39, 0.29) is 5.54 Å². The van der Waals surface area contributed by atoms with Gasteiger partial charge in [-0.1, -0.05) is 19.4 Å². The fourth-order valence-electron chi connectivity index (χ4n) is 4.00. The third kappa shape index (κ3) is 2.10. The van der Waals surface area contributed by atoms with Crippen molar-refractivity contribution in [2.75, 3.05) is 6.54 Å². The Labute approximate surface area is 126 Å². The summed E-state index contributed by atoms with van der Waals surface area (Å²) >= 11 is 0. The first kappa shape index (κ1) is 13.3. The second-order valence-electron chi connectivity index (χ2n) is 6.89. The first-order chi connectivity index (χ1) is 10.2. The van der Waals surface area contributed by atoms with Gasteiger partial charge in [0.15, 0.2) is 0 Å². The van der Waals surface area contributed by atoms with Crippen molar-refractivity contribution in [1.82, 2.24) is 14.9 Å². The van der Waals surface area contributed by atoms with Crippen LogP contribution in [-0.4, -0.2) is 16.1 Å². The van der Waals surface area contributed by atoms with Gasteiger partial charge in [-0.3, -0.25) is 0 Å². The first-order valence-corrected chi connectivity index (χ1v) is 8.47. The lowest BCUT2D eigenvalue weighted by atomic mass is 9.90. The molecule has 0 amide bonds. The van der Waals surface area contributed by atoms with E-state index in [9.17, 15) is 0 Å². The van der Waals surface area contributed by atoms with Crippen LogP contribution in [0.15, 0.2) is 18.2 Å². The van der Waals surface area contributed by atoms with Gasteiger partial charge >= 0.3 is 0 Å². The average Bonchev–Trinajstić information content (AvgIpc) is 3.07. The van der Waals surface area contributed by atoms with Gasteiger partial charge in [0.1, 0.15) is 5.82 Å². The molecule has 0 bridgehead atoms. The quantitative estimate of drug-likeness (QED) is 0.917. The molecule has 1 atom stereocenters. The van der Waals surface area contributed by atoms with Gasteiger partial charge in [0.2, 0.25) is 0 Å². The molecule has 1 aliphatic carbocycles. The van der Waals surface area contributed by atoms with E-state index in [1.165, 1.54) is 60.9 Å². The van der Waals surface area contributed by atoms with Crippen molar-refractivity contribution in [3.63, 3.8) is 0 Å². The number of hydrogen-bond donors (Lipinski definition) is 1. The number of imidazole rings is 1. The van der Waals surface area contributed by atoms with E-state index in [0.717, 1.165) is 6.54 Å². The SMILES string of the molecule is CCCC1(c2nc3cc(C)ccc3n2C2CC2)CCCN1. The molecule has 112 valence electrons. The topological polar surface area (TPSA) is 29.9 Å². The van der Waals surface area contributed by atoms with Crippen LogP contribution in [0, 0.1) is 6.92 Å². The fraction of sp³-hybridized carbons (Fsp3) is 0.611. The summed E-state index contributed by atoms with van der Waals surface area (Å²) < 4.78 is 2.56. The lowest BCUT2D eigenvalue weighted by Gasteiger charge is -2.29. The summed E-state index contributed by atoms with van der Waals surface area (Å²) in [6, 6.07) is 7.42. The van der Waals surface area contributed by atoms with Crippen molar-refractivity contribution in [2.24, 2.45) is 0 Å². The molecule has 1 saturated heterocycles. The second-order valence-corrected chi connectivity index (χ2v) is 6.89. The highest BCUT2D eigenvalue weighted by atomic mass is 15.2. The molecule has 4 rings (SSSR count). The van der Waals surface area contributed by atoms with Gasteiger partial charge in [0, 0.05) is 6.04 Å². The molecule has 0 radical (unpaired) electrons. The Hall–Kier alpha value is -1.35. The van der Waals surface area contributed by atoms with Gasteiger partial charge in [-0.05, 0) is 63.3 Å². The molecule has 2 heterocycles. The third-order valence-electron chi connectivity index (χ3n) is 5.11. The lowest BCUT2D eigenvalue weighted by molar-refractivity contribution is 0.322. The van der Waals surface area contributed by atoms with Crippen LogP contribution in [0.2, 0.25) is 0 Å². The fourth-order valence-corrected chi connectivity index (χ4v) is 4.00. The van der Waals surface area contributed by atoms with Crippen LogP contribution in [-0.2, 0) is 5.54 Å². The Morgan fingerprint density at radius 1 is 1.38 bits per heavy atom. The molecule has 0 spiro atoms. The zero-order valence-corrected chi connectivity index (χ0v) is 13.2. The highest BCUT2D eigenvalue weighted by Crippen LogP contribution is 2.44. The Morgan fingerprint density at radius 3 is 2.90 bits per heavy atom. The highest BCUT2D eigenvalue weighted by Gasteiger charge is 2.41. The van der Waals surface area contributed by atoms with E-state index >= 15 is 0 Å². The molecule has 3 nitrogen and oxygen atoms in total. The van der Waals surface area contributed by atoms with E-state index in [4.69, 9.17) is 4.98 Å². The minimum absolute atomic E-state index is 0.115. The van der Waals surface area contributed by atoms with E-state index < -0.39 is 0 Å². The van der Waals surface area contributed by atoms with Crippen molar-refractivity contribution in [2.45, 2.75) is 64.0 Å². The first-order valence-electron chi connectivity index (χ1n) is 8.47. The van der Waals surface area contributed by atoms with E-state index in [0.29, 0.717) is 6.04 Å². The molecular weight excluding hydrogens is 258 g/mol. The minimum atomic E-state index is 0.115. The normalized spacial score (nSPS) is 25.8. The maximum absolute atomic E-state index is 5.11. The summed E-state index contributed by atoms with van der Waals surface area (Å²) in [6.07, 6.45) is 7.54. The number of aryl methyl sites for hydroxylation is 1. The van der Waals surface area contributed by atoms with Crippen LogP contribution in [0.1, 0.15) is 62.9 Å². The average molecular weight is 283 g/mol. The number of nitrogens with zero attached hydrogens (tertiary/aromatic N) is 2. The molecule has 2 aliphatic rings. The predicted octanol–water partition coefficient (Wildman–Crippen LogP) is 4.06. The van der Waals surface area contributed by atoms with Crippen LogP contribution < -0.4 is 5.32 Å². The van der Waals surface area contributed by atoms with Crippen LogP contribution in [0.25, 0.3) is 11.0 Å². The Bertz CT molecular complexity index is 660. The summed E-state index contributed by atoms with van der Waals surface area (Å²) in [5, 5.41) is 3.80. The zero-order chi connectivity index (χ0) is 14.4. The number of nitrogens with one attached hydrogen (secondary N) is 1. The highest BCUT2D eigenvalue weighted by molar-refractivity contribution is 5.77. The second kappa shape index (κ2) is 4.84. The van der Waals surface area contributed by atoms with Crippen molar-refractivity contribution < 1.29 is 0 Å². The Balaban J connectivity index is 1.92. The molecule has 3 heteroatoms. The van der Waals surface area contributed by atoms with Crippen LogP contribution in [0.3, 0.4) is 0 Å². The minimum Gasteiger partial charge on any atom is -0.323 e. The van der Waals surface area contributed by atoms with Gasteiger partial charge in [0.05, 0.1) is 16.6 Å². The lowest BCUT2D eigenvalue weighted by Crippen LogP contribution is -2.39. The summed E-state index contributed by atoms with van der Waals surface area (Å²) in [4.78, 5) is 5.11. The third-order valence-corrected chi connectivity index (χ3v) is 5.11. The molecule has 1 unspecified atom stereocenters. The van der Waals surface area contributed by atoms with Crippen molar-refractivity contribution >= 4 is 11.0 Å². The number of fused-ring (bicyclic) bond motifs is 1. The molecular formula is C18H25N3. The standard InChI is InChI=1S/C18H25N3/c1-3-9-18(10-4-11-19-18)17-20-15-12-13(2)5-8-16(15)21(17)14-6-7-14/h5,8,12,14,19H,3-4,6-7,9-11H2,1-2H3. The Morgan fingerprint density at radius 2 is 2.24 bits per heavy atom. The van der Waals surface area contributed by atoms with Gasteiger partial charge in [-0.15, -0.1) is 0 Å². The summed E-state index contributed by atoms with van der Waals surface area (Å²) in [6.45, 7) is 5.58. The number of benzene rings is 1. The van der Waals surface area contributed by atoms with Crippen LogP contribution in [0.5, 0.6) is 0 Å². The van der Waals surface area contributed by atoms with E-state index in [1.54, 1.807) is 0 Å². The predicted molar refractivity (Wildman–Crippen MR) is 86.6 cm³/mol. The molecule has 1 aromatic heterocycles. The summed E-state index contributed by atoms with van der Waals surface area (Å²) in [5.74, 6) is 1.31. The van der Waals surface area contributed by atoms with Gasteiger partial charge in [0.25, 0.3) is 0 Å². The molecule has 21 heavy (non-hydrogen) atoms. The smallest absolute Gasteiger partial charge is 0.130 e. The van der Waals surface area contributed by atoms with Gasteiger partial charge in [-0.25, -0.2) is 4.98 Å². The van der Waals surface area contributed by atoms with Gasteiger partial charge < -0.3 is 9.88 Å². The maximum Gasteiger partial charge on any atom is 0.130 e. The molecule has 1 aromatic carbocycles. The van der Waals surface area contributed by atoms with Crippen molar-refractivity contribution in [3.8, 4) is 0 Å². The van der Waals surface area contributed by atoms with Gasteiger partial charge in [-0.2, -0.15) is 0 Å². The number of hydrogen-bond acceptors (Lipinski definition) is 2. The summed E-state index contributed by atoms with van der Waals surface area (Å²) in [5.41, 5.74) is 3.94. The number of rotatable bonds is 4. The van der Waals surface area contributed by atoms with Crippen LogP contribution >= 0.6 is 0 Å². The molecule has 2 fully saturated rings. The van der Waals surface area contributed by atoms with Crippen LogP contribution in [0.4, 0.5) is 0 Å². The Kier molecular flexibility index (Phi) is 3.07. The monoisotopic (exact) mass is 283 g/mol. The molecule has 1 N–H and O–H groups in total. The molecule has 2 aromatic rings. The zero-order valence-electron chi connectivity index (χ0n) is 13.2. The van der Waals surface area contributed by atoms with E-state index in [2.05, 4.69) is 41.9 Å². The largest absolute Gasteiger partial charge is 0.323 e. The van der Waals surface area contributed by atoms with Crippen molar-refractivity contribution in [1.29, 1.82) is 0 Å². The maximum atomic E-state index is 5.11.